The smallest absolute Gasteiger partial charge is 0.253 e. The minimum absolute atomic E-state index is 0.0907. The number of carbonyl (C=O) groups excluding carboxylic acids is 1. The molecule has 1 aromatic heterocycles. The first-order chi connectivity index (χ1) is 13.6. The molecule has 0 radical (unpaired) electrons. The fraction of sp³-hybridized carbons (Fsp3) is 0.476. The maximum absolute atomic E-state index is 12.7. The van der Waals surface area contributed by atoms with E-state index in [9.17, 15) is 4.79 Å². The summed E-state index contributed by atoms with van der Waals surface area (Å²) in [6.45, 7) is 7.38. The van der Waals surface area contributed by atoms with Gasteiger partial charge in [-0.1, -0.05) is 22.9 Å². The van der Waals surface area contributed by atoms with Crippen LogP contribution < -0.4 is 9.80 Å². The third kappa shape index (κ3) is 4.29. The molecule has 2 fully saturated rings. The molecular weight excluding hydrogens is 418 g/mol. The summed E-state index contributed by atoms with van der Waals surface area (Å²) in [6, 6.07) is 11.7. The zero-order valence-corrected chi connectivity index (χ0v) is 17.8. The molecule has 3 heterocycles. The average Bonchev–Trinajstić information content (AvgIpc) is 2.75. The van der Waals surface area contributed by atoms with Crippen molar-refractivity contribution in [3.63, 3.8) is 0 Å². The van der Waals surface area contributed by atoms with Gasteiger partial charge in [0.25, 0.3) is 5.91 Å². The van der Waals surface area contributed by atoms with Crippen molar-refractivity contribution in [3.05, 3.63) is 46.4 Å². The Morgan fingerprint density at radius 3 is 1.93 bits per heavy atom. The van der Waals surface area contributed by atoms with Gasteiger partial charge >= 0.3 is 0 Å². The Morgan fingerprint density at radius 1 is 0.857 bits per heavy atom. The van der Waals surface area contributed by atoms with Crippen LogP contribution in [0.5, 0.6) is 0 Å². The molecule has 0 spiro atoms. The molecule has 0 saturated carbocycles. The van der Waals surface area contributed by atoms with E-state index in [0.717, 1.165) is 53.8 Å². The molecule has 0 atom stereocenters. The lowest BCUT2D eigenvalue weighted by molar-refractivity contribution is 0.0746. The lowest BCUT2D eigenvalue weighted by Crippen LogP contribution is -2.49. The number of aromatic nitrogens is 2. The van der Waals surface area contributed by atoms with E-state index in [1.807, 2.05) is 29.2 Å². The van der Waals surface area contributed by atoms with Crippen molar-refractivity contribution in [2.75, 3.05) is 49.1 Å². The van der Waals surface area contributed by atoms with Crippen molar-refractivity contribution in [1.29, 1.82) is 0 Å². The lowest BCUT2D eigenvalue weighted by Gasteiger charge is -2.35. The van der Waals surface area contributed by atoms with Crippen LogP contribution in [0.3, 0.4) is 0 Å². The van der Waals surface area contributed by atoms with E-state index in [2.05, 4.69) is 55.0 Å². The largest absolute Gasteiger partial charge is 0.355 e. The zero-order chi connectivity index (χ0) is 19.5. The number of hydrogen-bond donors (Lipinski definition) is 0. The van der Waals surface area contributed by atoms with Gasteiger partial charge in [0.05, 0.1) is 0 Å². The number of hydrogen-bond acceptors (Lipinski definition) is 5. The summed E-state index contributed by atoms with van der Waals surface area (Å²) < 4.78 is 0.981. The van der Waals surface area contributed by atoms with Crippen molar-refractivity contribution < 1.29 is 4.79 Å². The van der Waals surface area contributed by atoms with Crippen molar-refractivity contribution in [1.82, 2.24) is 15.1 Å². The summed E-state index contributed by atoms with van der Waals surface area (Å²) in [4.78, 5) is 19.1. The summed E-state index contributed by atoms with van der Waals surface area (Å²) >= 11 is 3.41. The normalized spacial score (nSPS) is 18.4. The minimum atomic E-state index is 0.0907. The fourth-order valence-electron chi connectivity index (χ4n) is 3.81. The molecule has 0 unspecified atom stereocenters. The lowest BCUT2D eigenvalue weighted by atomic mass is 9.99. The van der Waals surface area contributed by atoms with E-state index in [0.29, 0.717) is 13.1 Å². The molecule has 0 bridgehead atoms. The van der Waals surface area contributed by atoms with Crippen molar-refractivity contribution in [2.24, 2.45) is 5.92 Å². The molecule has 148 valence electrons. The second-order valence-electron chi connectivity index (χ2n) is 7.71. The van der Waals surface area contributed by atoms with E-state index in [1.54, 1.807) is 0 Å². The van der Waals surface area contributed by atoms with Crippen LogP contribution in [0.4, 0.5) is 11.6 Å². The predicted octanol–water partition coefficient (Wildman–Crippen LogP) is 3.44. The van der Waals surface area contributed by atoms with Crippen LogP contribution in [0.25, 0.3) is 0 Å². The Bertz CT molecular complexity index is 795. The van der Waals surface area contributed by atoms with Gasteiger partial charge in [-0.05, 0) is 55.2 Å². The second-order valence-corrected chi connectivity index (χ2v) is 8.62. The fourth-order valence-corrected chi connectivity index (χ4v) is 4.07. The van der Waals surface area contributed by atoms with Crippen LogP contribution in [-0.2, 0) is 0 Å². The van der Waals surface area contributed by atoms with E-state index in [4.69, 9.17) is 0 Å². The van der Waals surface area contributed by atoms with Gasteiger partial charge in [-0.3, -0.25) is 4.79 Å². The second kappa shape index (κ2) is 8.47. The van der Waals surface area contributed by atoms with E-state index < -0.39 is 0 Å². The van der Waals surface area contributed by atoms with Gasteiger partial charge in [0.15, 0.2) is 11.6 Å². The maximum atomic E-state index is 12.7. The number of nitrogens with zero attached hydrogens (tertiary/aromatic N) is 5. The zero-order valence-electron chi connectivity index (χ0n) is 16.2. The molecule has 0 N–H and O–H groups in total. The maximum Gasteiger partial charge on any atom is 0.253 e. The highest BCUT2D eigenvalue weighted by atomic mass is 79.9. The molecule has 7 heteroatoms. The number of piperidine rings is 1. The number of anilines is 2. The first-order valence-corrected chi connectivity index (χ1v) is 10.8. The average molecular weight is 444 g/mol. The molecule has 4 rings (SSSR count). The van der Waals surface area contributed by atoms with Gasteiger partial charge in [-0.25, -0.2) is 0 Å². The third-order valence-corrected chi connectivity index (χ3v) is 6.25. The summed E-state index contributed by atoms with van der Waals surface area (Å²) in [6.07, 6.45) is 2.44. The highest BCUT2D eigenvalue weighted by Gasteiger charge is 2.23. The van der Waals surface area contributed by atoms with Crippen molar-refractivity contribution >= 4 is 33.5 Å². The topological polar surface area (TPSA) is 52.6 Å². The Morgan fingerprint density at radius 2 is 1.39 bits per heavy atom. The molecule has 28 heavy (non-hydrogen) atoms. The van der Waals surface area contributed by atoms with E-state index in [1.165, 1.54) is 12.8 Å². The summed E-state index contributed by atoms with van der Waals surface area (Å²) in [7, 11) is 0. The minimum Gasteiger partial charge on any atom is -0.355 e. The number of piperazine rings is 1. The monoisotopic (exact) mass is 443 g/mol. The molecule has 6 nitrogen and oxygen atoms in total. The van der Waals surface area contributed by atoms with Gasteiger partial charge in [0.1, 0.15) is 0 Å². The Kier molecular flexibility index (Phi) is 5.80. The number of benzene rings is 1. The Hall–Kier alpha value is -2.15. The number of halogens is 1. The van der Waals surface area contributed by atoms with Gasteiger partial charge in [-0.2, -0.15) is 0 Å². The molecule has 1 amide bonds. The van der Waals surface area contributed by atoms with Gasteiger partial charge in [0.2, 0.25) is 0 Å². The van der Waals surface area contributed by atoms with Gasteiger partial charge < -0.3 is 14.7 Å². The number of carbonyl (C=O) groups is 1. The molecule has 2 aliphatic rings. The van der Waals surface area contributed by atoms with Crippen molar-refractivity contribution in [2.45, 2.75) is 19.8 Å². The Balaban J connectivity index is 1.33. The van der Waals surface area contributed by atoms with Gasteiger partial charge in [-0.15, -0.1) is 10.2 Å². The summed E-state index contributed by atoms with van der Waals surface area (Å²) in [5.41, 5.74) is 0.733. The van der Waals surface area contributed by atoms with E-state index in [-0.39, 0.29) is 5.91 Å². The molecule has 0 aliphatic carbocycles. The van der Waals surface area contributed by atoms with Crippen LogP contribution in [0.2, 0.25) is 0 Å². The van der Waals surface area contributed by atoms with Crippen LogP contribution >= 0.6 is 15.9 Å². The van der Waals surface area contributed by atoms with Gasteiger partial charge in [0, 0.05) is 49.3 Å². The van der Waals surface area contributed by atoms with Crippen molar-refractivity contribution in [3.8, 4) is 0 Å². The van der Waals surface area contributed by atoms with Crippen LogP contribution in [0.15, 0.2) is 40.9 Å². The molecule has 1 aromatic carbocycles. The SMILES string of the molecule is CC1CCN(c2ccc(N3CCN(C(=O)c4ccc(Br)cc4)CC3)nn2)CC1. The first-order valence-electron chi connectivity index (χ1n) is 9.98. The third-order valence-electron chi connectivity index (χ3n) is 5.73. The first kappa shape index (κ1) is 19.2. The highest BCUT2D eigenvalue weighted by Crippen LogP contribution is 2.22. The van der Waals surface area contributed by atoms with Crippen LogP contribution in [0, 0.1) is 5.92 Å². The Labute approximate surface area is 174 Å². The van der Waals surface area contributed by atoms with Crippen LogP contribution in [-0.4, -0.2) is 60.3 Å². The quantitative estimate of drug-likeness (QED) is 0.726. The highest BCUT2D eigenvalue weighted by molar-refractivity contribution is 9.10. The molecule has 2 saturated heterocycles. The standard InChI is InChI=1S/C21H26BrN5O/c1-16-8-10-25(11-9-16)19-6-7-20(24-23-19)26-12-14-27(15-13-26)21(28)17-2-4-18(22)5-3-17/h2-7,16H,8-15H2,1H3. The molecular formula is C21H26BrN5O. The van der Waals surface area contributed by atoms with Crippen LogP contribution in [0.1, 0.15) is 30.1 Å². The van der Waals surface area contributed by atoms with E-state index >= 15 is 0 Å². The summed E-state index contributed by atoms with van der Waals surface area (Å²) in [5.74, 6) is 2.76. The summed E-state index contributed by atoms with van der Waals surface area (Å²) in [5, 5.41) is 8.92. The molecule has 2 aliphatic heterocycles. The molecule has 2 aromatic rings. The number of amides is 1. The predicted molar refractivity (Wildman–Crippen MR) is 115 cm³/mol. The number of rotatable bonds is 3.